The van der Waals surface area contributed by atoms with Crippen molar-refractivity contribution in [1.29, 1.82) is 0 Å². The maximum atomic E-state index is 5.84. The molecule has 0 heterocycles. The summed E-state index contributed by atoms with van der Waals surface area (Å²) in [6, 6.07) is 8.60. The monoisotopic (exact) mass is 235 g/mol. The molecule has 0 aliphatic heterocycles. The molecule has 2 heteroatoms. The lowest BCUT2D eigenvalue weighted by Crippen LogP contribution is -2.15. The van der Waals surface area contributed by atoms with Gasteiger partial charge in [-0.1, -0.05) is 43.7 Å². The highest BCUT2D eigenvalue weighted by Crippen LogP contribution is 2.19. The van der Waals surface area contributed by atoms with Crippen LogP contribution in [0.25, 0.3) is 0 Å². The van der Waals surface area contributed by atoms with E-state index in [2.05, 4.69) is 45.0 Å². The molecule has 0 aromatic heterocycles. The molecule has 0 spiro atoms. The molecular formula is C15H25NO. The molecule has 0 saturated heterocycles. The highest BCUT2D eigenvalue weighted by molar-refractivity contribution is 5.25. The van der Waals surface area contributed by atoms with E-state index in [-0.39, 0.29) is 0 Å². The molecule has 2 nitrogen and oxygen atoms in total. The van der Waals surface area contributed by atoms with E-state index in [1.807, 2.05) is 0 Å². The predicted octanol–water partition coefficient (Wildman–Crippen LogP) is 3.10. The molecule has 1 atom stereocenters. The minimum atomic E-state index is 0.419. The number of benzene rings is 1. The summed E-state index contributed by atoms with van der Waals surface area (Å²) >= 11 is 0. The Hall–Kier alpha value is -0.860. The van der Waals surface area contributed by atoms with Crippen molar-refractivity contribution in [1.82, 2.24) is 0 Å². The van der Waals surface area contributed by atoms with Gasteiger partial charge < -0.3 is 10.5 Å². The first kappa shape index (κ1) is 14.2. The summed E-state index contributed by atoms with van der Waals surface area (Å²) in [5.41, 5.74) is 8.47. The third kappa shape index (κ3) is 5.33. The fraction of sp³-hybridized carbons (Fsp3) is 0.600. The zero-order chi connectivity index (χ0) is 12.7. The largest absolute Gasteiger partial charge is 0.381 e. The smallest absolute Gasteiger partial charge is 0.0488 e. The van der Waals surface area contributed by atoms with Crippen LogP contribution in [0.5, 0.6) is 0 Å². The first-order valence-electron chi connectivity index (χ1n) is 6.48. The minimum Gasteiger partial charge on any atom is -0.381 e. The standard InChI is InChI=1S/C15H25NO/c1-12(2)11-17-8-7-15(10-16)14-6-4-5-13(3)9-14/h4-6,9,12,15H,7-8,10-11,16H2,1-3H3. The maximum absolute atomic E-state index is 5.84. The molecule has 17 heavy (non-hydrogen) atoms. The maximum Gasteiger partial charge on any atom is 0.0488 e. The average Bonchev–Trinajstić information content (AvgIpc) is 2.29. The van der Waals surface area contributed by atoms with Crippen LogP contribution in [-0.4, -0.2) is 19.8 Å². The Morgan fingerprint density at radius 3 is 2.65 bits per heavy atom. The van der Waals surface area contributed by atoms with Gasteiger partial charge in [-0.3, -0.25) is 0 Å². The molecule has 1 unspecified atom stereocenters. The highest BCUT2D eigenvalue weighted by atomic mass is 16.5. The zero-order valence-corrected chi connectivity index (χ0v) is 11.3. The van der Waals surface area contributed by atoms with Crippen LogP contribution in [0.2, 0.25) is 0 Å². The van der Waals surface area contributed by atoms with E-state index in [1.54, 1.807) is 0 Å². The van der Waals surface area contributed by atoms with E-state index < -0.39 is 0 Å². The van der Waals surface area contributed by atoms with E-state index in [0.717, 1.165) is 19.6 Å². The number of hydrogen-bond donors (Lipinski definition) is 1. The van der Waals surface area contributed by atoms with Crippen molar-refractivity contribution in [2.45, 2.75) is 33.1 Å². The first-order valence-corrected chi connectivity index (χ1v) is 6.48. The van der Waals surface area contributed by atoms with E-state index in [4.69, 9.17) is 10.5 Å². The molecule has 0 radical (unpaired) electrons. The number of aryl methyl sites for hydroxylation is 1. The summed E-state index contributed by atoms with van der Waals surface area (Å²) in [4.78, 5) is 0. The number of rotatable bonds is 7. The quantitative estimate of drug-likeness (QED) is 0.737. The summed E-state index contributed by atoms with van der Waals surface area (Å²) < 4.78 is 5.62. The van der Waals surface area contributed by atoms with E-state index in [1.165, 1.54) is 11.1 Å². The SMILES string of the molecule is Cc1cccc(C(CN)CCOCC(C)C)c1. The Labute approximate surface area is 105 Å². The summed E-state index contributed by atoms with van der Waals surface area (Å²) in [6.45, 7) is 8.78. The van der Waals surface area contributed by atoms with Gasteiger partial charge in [-0.25, -0.2) is 0 Å². The van der Waals surface area contributed by atoms with Gasteiger partial charge in [0.25, 0.3) is 0 Å². The van der Waals surface area contributed by atoms with Crippen molar-refractivity contribution in [3.05, 3.63) is 35.4 Å². The fourth-order valence-corrected chi connectivity index (χ4v) is 1.89. The van der Waals surface area contributed by atoms with Gasteiger partial charge in [0, 0.05) is 13.2 Å². The fourth-order valence-electron chi connectivity index (χ4n) is 1.89. The molecule has 1 rings (SSSR count). The number of nitrogens with two attached hydrogens (primary N) is 1. The van der Waals surface area contributed by atoms with Gasteiger partial charge in [-0.2, -0.15) is 0 Å². The van der Waals surface area contributed by atoms with E-state index >= 15 is 0 Å². The molecule has 0 saturated carbocycles. The molecule has 1 aromatic carbocycles. The van der Waals surface area contributed by atoms with Crippen molar-refractivity contribution in [3.63, 3.8) is 0 Å². The van der Waals surface area contributed by atoms with E-state index in [0.29, 0.717) is 18.4 Å². The minimum absolute atomic E-state index is 0.419. The lowest BCUT2D eigenvalue weighted by molar-refractivity contribution is 0.104. The molecule has 0 aliphatic rings. The van der Waals surface area contributed by atoms with Crippen LogP contribution in [0.1, 0.15) is 37.3 Å². The lowest BCUT2D eigenvalue weighted by atomic mass is 9.95. The van der Waals surface area contributed by atoms with Gasteiger partial charge >= 0.3 is 0 Å². The van der Waals surface area contributed by atoms with Gasteiger partial charge in [0.2, 0.25) is 0 Å². The first-order chi connectivity index (χ1) is 8.13. The van der Waals surface area contributed by atoms with Gasteiger partial charge in [0.1, 0.15) is 0 Å². The van der Waals surface area contributed by atoms with Crippen LogP contribution >= 0.6 is 0 Å². The van der Waals surface area contributed by atoms with Crippen molar-refractivity contribution in [3.8, 4) is 0 Å². The number of ether oxygens (including phenoxy) is 1. The number of hydrogen-bond acceptors (Lipinski definition) is 2. The Balaban J connectivity index is 2.43. The Morgan fingerprint density at radius 2 is 2.06 bits per heavy atom. The molecular weight excluding hydrogens is 210 g/mol. The third-order valence-electron chi connectivity index (χ3n) is 2.86. The van der Waals surface area contributed by atoms with Gasteiger partial charge in [0.15, 0.2) is 0 Å². The van der Waals surface area contributed by atoms with Crippen molar-refractivity contribution in [2.75, 3.05) is 19.8 Å². The normalized spacial score (nSPS) is 13.0. The molecule has 2 N–H and O–H groups in total. The molecule has 96 valence electrons. The average molecular weight is 235 g/mol. The summed E-state index contributed by atoms with van der Waals surface area (Å²) in [5.74, 6) is 1.02. The highest BCUT2D eigenvalue weighted by Gasteiger charge is 2.09. The van der Waals surface area contributed by atoms with Crippen LogP contribution in [0.3, 0.4) is 0 Å². The third-order valence-corrected chi connectivity index (χ3v) is 2.86. The van der Waals surface area contributed by atoms with Crippen LogP contribution in [0, 0.1) is 12.8 Å². The van der Waals surface area contributed by atoms with Crippen LogP contribution in [0.4, 0.5) is 0 Å². The van der Waals surface area contributed by atoms with Crippen molar-refractivity contribution in [2.24, 2.45) is 11.7 Å². The lowest BCUT2D eigenvalue weighted by Gasteiger charge is -2.16. The Bertz CT molecular complexity index is 322. The molecule has 0 bridgehead atoms. The Morgan fingerprint density at radius 1 is 1.29 bits per heavy atom. The van der Waals surface area contributed by atoms with Crippen molar-refractivity contribution >= 4 is 0 Å². The summed E-state index contributed by atoms with van der Waals surface area (Å²) in [5, 5.41) is 0. The molecule has 1 aromatic rings. The second kappa shape index (κ2) is 7.46. The Kier molecular flexibility index (Phi) is 6.23. The molecule has 0 amide bonds. The molecule has 0 aliphatic carbocycles. The van der Waals surface area contributed by atoms with Crippen LogP contribution in [-0.2, 0) is 4.74 Å². The van der Waals surface area contributed by atoms with Gasteiger partial charge in [-0.15, -0.1) is 0 Å². The van der Waals surface area contributed by atoms with Crippen LogP contribution in [0.15, 0.2) is 24.3 Å². The predicted molar refractivity (Wildman–Crippen MR) is 73.2 cm³/mol. The van der Waals surface area contributed by atoms with Crippen molar-refractivity contribution < 1.29 is 4.74 Å². The second-order valence-electron chi connectivity index (χ2n) is 5.10. The molecule has 0 fully saturated rings. The summed E-state index contributed by atoms with van der Waals surface area (Å²) in [6.07, 6.45) is 1.01. The van der Waals surface area contributed by atoms with E-state index in [9.17, 15) is 0 Å². The summed E-state index contributed by atoms with van der Waals surface area (Å²) in [7, 11) is 0. The van der Waals surface area contributed by atoms with Gasteiger partial charge in [0.05, 0.1) is 0 Å². The van der Waals surface area contributed by atoms with Gasteiger partial charge in [-0.05, 0) is 37.3 Å². The second-order valence-corrected chi connectivity index (χ2v) is 5.10. The topological polar surface area (TPSA) is 35.2 Å². The zero-order valence-electron chi connectivity index (χ0n) is 11.3. The van der Waals surface area contributed by atoms with Crippen LogP contribution < -0.4 is 5.73 Å².